The third-order valence-electron chi connectivity index (χ3n) is 15.7. The quantitative estimate of drug-likeness (QED) is 0.110. The third-order valence-corrected chi connectivity index (χ3v) is 16.3. The second-order valence-electron chi connectivity index (χ2n) is 20.6. The maximum atomic E-state index is 13.5. The molecule has 5 fully saturated rings. The molecule has 6 amide bonds. The molecule has 2 saturated heterocycles. The largest absolute Gasteiger partial charge is 0.364 e. The number of amides is 6. The lowest BCUT2D eigenvalue weighted by Gasteiger charge is -2.45. The molecule has 20 nitrogen and oxygen atoms in total. The van der Waals surface area contributed by atoms with Crippen LogP contribution in [0.15, 0.2) is 91.9 Å². The Labute approximate surface area is 455 Å². The predicted molar refractivity (Wildman–Crippen MR) is 284 cm³/mol. The lowest BCUT2D eigenvalue weighted by atomic mass is 9.67. The highest BCUT2D eigenvalue weighted by Gasteiger charge is 2.48. The Bertz CT molecular complexity index is 3270. The van der Waals surface area contributed by atoms with Crippen LogP contribution in [-0.2, 0) is 9.59 Å². The highest BCUT2D eigenvalue weighted by atomic mass is 35.5. The van der Waals surface area contributed by atoms with E-state index in [9.17, 15) is 37.5 Å². The van der Waals surface area contributed by atoms with Crippen LogP contribution in [0.3, 0.4) is 0 Å². The Morgan fingerprint density at radius 2 is 1.23 bits per heavy atom. The van der Waals surface area contributed by atoms with Crippen LogP contribution in [0.2, 0.25) is 10.0 Å². The minimum Gasteiger partial charge on any atom is -0.364 e. The van der Waals surface area contributed by atoms with Crippen LogP contribution < -0.4 is 31.9 Å². The summed E-state index contributed by atoms with van der Waals surface area (Å²) in [5, 5.41) is 15.0. The van der Waals surface area contributed by atoms with E-state index >= 15 is 0 Å². The number of imidazole rings is 2. The van der Waals surface area contributed by atoms with Crippen molar-refractivity contribution in [2.45, 2.75) is 108 Å². The van der Waals surface area contributed by atoms with Gasteiger partial charge in [0.2, 0.25) is 11.8 Å². The molecule has 0 bridgehead atoms. The summed E-state index contributed by atoms with van der Waals surface area (Å²) >= 11 is 12.5. The van der Waals surface area contributed by atoms with Gasteiger partial charge in [0.15, 0.2) is 17.0 Å². The summed E-state index contributed by atoms with van der Waals surface area (Å²) < 4.78 is 31.6. The molecule has 0 unspecified atom stereocenters. The molecule has 5 aromatic heterocycles. The molecular weight excluding hydrogens is 1050 g/mol. The molecule has 406 valence electrons. The number of nitrogens with one attached hydrogen (secondary N) is 2. The van der Waals surface area contributed by atoms with E-state index in [1.165, 1.54) is 47.5 Å². The summed E-state index contributed by atoms with van der Waals surface area (Å²) in [6, 6.07) is 13.8. The van der Waals surface area contributed by atoms with Crippen molar-refractivity contribution in [1.82, 2.24) is 49.4 Å². The first-order valence-corrected chi connectivity index (χ1v) is 26.7. The number of carbonyl (C=O) groups is 6. The lowest BCUT2D eigenvalue weighted by molar-refractivity contribution is -0.133. The van der Waals surface area contributed by atoms with Gasteiger partial charge in [0.1, 0.15) is 28.6 Å². The van der Waals surface area contributed by atoms with Crippen molar-refractivity contribution in [3.63, 3.8) is 0 Å². The number of nitrogens with two attached hydrogens (primary N) is 2. The van der Waals surface area contributed by atoms with Gasteiger partial charge in [-0.2, -0.15) is 10.2 Å². The van der Waals surface area contributed by atoms with E-state index in [1.54, 1.807) is 67.8 Å². The molecule has 5 aliphatic rings. The van der Waals surface area contributed by atoms with Gasteiger partial charge in [0, 0.05) is 60.6 Å². The molecule has 3 saturated carbocycles. The molecule has 7 aromatic rings. The van der Waals surface area contributed by atoms with Gasteiger partial charge in [-0.3, -0.25) is 28.8 Å². The maximum Gasteiger partial charge on any atom is 0.271 e. The molecule has 0 atom stereocenters. The molecule has 0 radical (unpaired) electrons. The fraction of sp³-hybridized carbons (Fsp3) is 0.389. The summed E-state index contributed by atoms with van der Waals surface area (Å²) in [4.78, 5) is 90.2. The first-order valence-electron chi connectivity index (χ1n) is 25.9. The normalized spacial score (nSPS) is 22.2. The number of benzene rings is 2. The average molecular weight is 1110 g/mol. The summed E-state index contributed by atoms with van der Waals surface area (Å²) in [6.45, 7) is 1.15. The van der Waals surface area contributed by atoms with Crippen molar-refractivity contribution in [2.24, 2.45) is 22.3 Å². The third kappa shape index (κ3) is 10.9. The van der Waals surface area contributed by atoms with Crippen LogP contribution in [0.5, 0.6) is 0 Å². The maximum absolute atomic E-state index is 13.5. The highest BCUT2D eigenvalue weighted by Crippen LogP contribution is 2.48. The summed E-state index contributed by atoms with van der Waals surface area (Å²) in [7, 11) is 0. The van der Waals surface area contributed by atoms with E-state index in [4.69, 9.17) is 34.7 Å². The number of primary amides is 2. The topological polar surface area (TPSA) is 263 Å². The number of nitrogens with zero attached hydrogens (tertiary/aromatic N) is 10. The molecule has 78 heavy (non-hydrogen) atoms. The van der Waals surface area contributed by atoms with E-state index in [2.05, 4.69) is 35.8 Å². The van der Waals surface area contributed by atoms with Crippen LogP contribution in [-0.4, -0.2) is 99.4 Å². The van der Waals surface area contributed by atoms with Crippen LogP contribution in [0.1, 0.15) is 138 Å². The second-order valence-corrected chi connectivity index (χ2v) is 21.4. The summed E-state index contributed by atoms with van der Waals surface area (Å²) in [5.74, 6) is -2.55. The molecule has 3 aliphatic carbocycles. The zero-order valence-electron chi connectivity index (χ0n) is 42.3. The van der Waals surface area contributed by atoms with Gasteiger partial charge in [-0.1, -0.05) is 23.2 Å². The standard InChI is InChI=1S/2C23H23ClFN5O2.C8H10N4O2/c24-18-13-15(25)3-4-19(18)29-11-1-7-23(22(29)32)8-5-16(6-9-23)28-21(31)17-14-27-30-12-2-10-26-20(17)30;24-17-13-15(25)4-5-18(17)29-12-2-8-23(22(29)32)9-6-16(7-10-23)28-21(31)19-14-26-20-3-1-11-27-30(19)20;9-7(13)5-6(8(10)14)12(3-11-5)4-1-2-4/h2-4,10,12-14,16H,1,5-9,11H2,(H,28,31);1,3-5,11,13-14,16H,2,6-10,12H2,(H,28,31);3-4H,1-2H2,(H2,9,13)(H2,10,14). The number of carbonyl (C=O) groups excluding carboxylic acids is 6. The highest BCUT2D eigenvalue weighted by molar-refractivity contribution is 6.34. The summed E-state index contributed by atoms with van der Waals surface area (Å²) in [5.41, 5.74) is 12.5. The molecule has 6 N–H and O–H groups in total. The number of fused-ring (bicyclic) bond motifs is 2. The van der Waals surface area contributed by atoms with Gasteiger partial charge < -0.3 is 36.5 Å². The van der Waals surface area contributed by atoms with Gasteiger partial charge in [0.25, 0.3) is 23.6 Å². The van der Waals surface area contributed by atoms with Crippen LogP contribution in [0.25, 0.3) is 11.3 Å². The molecule has 12 rings (SSSR count). The van der Waals surface area contributed by atoms with Crippen molar-refractivity contribution in [1.29, 1.82) is 0 Å². The fourth-order valence-corrected chi connectivity index (χ4v) is 12.0. The predicted octanol–water partition coefficient (Wildman–Crippen LogP) is 7.43. The molecule has 2 aromatic carbocycles. The number of rotatable bonds is 9. The van der Waals surface area contributed by atoms with E-state index < -0.39 is 34.3 Å². The number of hydrogen-bond acceptors (Lipinski definition) is 11. The van der Waals surface area contributed by atoms with Crippen molar-refractivity contribution in [2.75, 3.05) is 22.9 Å². The summed E-state index contributed by atoms with van der Waals surface area (Å²) in [6.07, 6.45) is 20.5. The fourth-order valence-electron chi connectivity index (χ4n) is 11.5. The zero-order chi connectivity index (χ0) is 54.9. The van der Waals surface area contributed by atoms with Crippen molar-refractivity contribution in [3.8, 4) is 0 Å². The molecular formula is C54H56Cl2F2N14O6. The number of hydrogen-bond donors (Lipinski definition) is 4. The average Bonchev–Trinajstić information content (AvgIpc) is 3.91. The van der Waals surface area contributed by atoms with E-state index in [1.807, 2.05) is 0 Å². The minimum atomic E-state index is -0.724. The first-order chi connectivity index (χ1) is 37.5. The molecule has 2 spiro atoms. The second kappa shape index (κ2) is 22.2. The SMILES string of the molecule is NC(=O)c1ncn(C2CC2)c1C(N)=O.O=C(NC1CCC2(CCCN(c3ccc(F)cc3Cl)C2=O)CC1)c1cnc2cccnn12.O=C(NC1CCC2(CCCN(c3ccc(F)cc3Cl)C2=O)CC1)c1cnn2cccnc12. The Hall–Kier alpha value is -7.85. The van der Waals surface area contributed by atoms with E-state index in [0.29, 0.717) is 85.5 Å². The number of anilines is 2. The van der Waals surface area contributed by atoms with E-state index in [0.717, 1.165) is 51.4 Å². The Morgan fingerprint density at radius 1 is 0.654 bits per heavy atom. The molecule has 2 aliphatic heterocycles. The van der Waals surface area contributed by atoms with Gasteiger partial charge in [-0.15, -0.1) is 0 Å². The van der Waals surface area contributed by atoms with Gasteiger partial charge in [-0.05, 0) is 144 Å². The lowest BCUT2D eigenvalue weighted by Crippen LogP contribution is -2.52. The van der Waals surface area contributed by atoms with Crippen molar-refractivity contribution >= 4 is 81.3 Å². The van der Waals surface area contributed by atoms with Crippen LogP contribution in [0, 0.1) is 22.5 Å². The zero-order valence-corrected chi connectivity index (χ0v) is 43.8. The Balaban J connectivity index is 0.000000142. The van der Waals surface area contributed by atoms with Gasteiger partial charge in [-0.25, -0.2) is 32.8 Å². The molecule has 24 heteroatoms. The monoisotopic (exact) mass is 1100 g/mol. The van der Waals surface area contributed by atoms with Crippen LogP contribution >= 0.6 is 23.2 Å². The Morgan fingerprint density at radius 3 is 1.77 bits per heavy atom. The van der Waals surface area contributed by atoms with Crippen molar-refractivity contribution < 1.29 is 37.5 Å². The van der Waals surface area contributed by atoms with Crippen molar-refractivity contribution in [3.05, 3.63) is 136 Å². The number of piperidine rings is 2. The van der Waals surface area contributed by atoms with Crippen LogP contribution in [0.4, 0.5) is 20.2 Å². The minimum absolute atomic E-state index is 0.00984. The van der Waals surface area contributed by atoms with Gasteiger partial charge >= 0.3 is 0 Å². The number of halogens is 4. The van der Waals surface area contributed by atoms with Gasteiger partial charge in [0.05, 0.1) is 40.1 Å². The smallest absolute Gasteiger partial charge is 0.271 e. The first kappa shape index (κ1) is 53.5. The number of aromatic nitrogens is 8. The molecule has 7 heterocycles. The van der Waals surface area contributed by atoms with E-state index in [-0.39, 0.29) is 63.2 Å². The Kier molecular flexibility index (Phi) is 15.3.